The molecule has 12 nitrogen and oxygen atoms in total. The molecule has 1 saturated heterocycles. The Morgan fingerprint density at radius 2 is 1.87 bits per heavy atom. The zero-order chi connectivity index (χ0) is 28.1. The minimum absolute atomic E-state index is 0.0889. The average molecular weight is 591 g/mol. The molecule has 204 valence electrons. The van der Waals surface area contributed by atoms with Gasteiger partial charge in [-0.2, -0.15) is 0 Å². The van der Waals surface area contributed by atoms with Gasteiger partial charge >= 0.3 is 4.87 Å². The lowest BCUT2D eigenvalue weighted by atomic mass is 9.83. The van der Waals surface area contributed by atoms with Crippen molar-refractivity contribution in [2.45, 2.75) is 34.6 Å². The van der Waals surface area contributed by atoms with E-state index in [1.54, 1.807) is 19.1 Å². The number of nitrogens with one attached hydrogen (secondary N) is 2. The average Bonchev–Trinajstić information content (AvgIpc) is 3.33. The third kappa shape index (κ3) is 5.05. The van der Waals surface area contributed by atoms with E-state index in [9.17, 15) is 32.7 Å². The Kier molecular flexibility index (Phi) is 7.00. The third-order valence-electron chi connectivity index (χ3n) is 6.30. The van der Waals surface area contributed by atoms with E-state index in [0.29, 0.717) is 21.2 Å². The van der Waals surface area contributed by atoms with E-state index < -0.39 is 49.7 Å². The van der Waals surface area contributed by atoms with Crippen LogP contribution >= 0.6 is 23.1 Å². The maximum atomic E-state index is 13.1. The molecule has 1 fully saturated rings. The van der Waals surface area contributed by atoms with Crippen molar-refractivity contribution >= 4 is 56.5 Å². The number of phenolic OH excluding ortho intramolecular Hbond substituents is 1. The minimum Gasteiger partial charge on any atom is -0.504 e. The molecule has 0 aliphatic carbocycles. The lowest BCUT2D eigenvalue weighted by Crippen LogP contribution is -2.32. The number of primary sulfonamides is 1. The first-order chi connectivity index (χ1) is 18.5. The summed E-state index contributed by atoms with van der Waals surface area (Å²) in [5, 5.41) is 19.8. The third-order valence-corrected chi connectivity index (χ3v) is 9.84. The summed E-state index contributed by atoms with van der Waals surface area (Å²) in [6.45, 7) is 1.66. The maximum absolute atomic E-state index is 13.1. The number of carbonyl (C=O) groups excluding carboxylic acids is 3. The summed E-state index contributed by atoms with van der Waals surface area (Å²) in [4.78, 5) is 51.4. The van der Waals surface area contributed by atoms with E-state index >= 15 is 0 Å². The van der Waals surface area contributed by atoms with Crippen molar-refractivity contribution in [3.63, 3.8) is 0 Å². The molecule has 5 N–H and O–H groups in total. The number of fused-ring (bicyclic) bond motifs is 2. The molecular formula is C24H22N4O8S3. The lowest BCUT2D eigenvalue weighted by Gasteiger charge is -2.31. The van der Waals surface area contributed by atoms with Gasteiger partial charge in [-0.05, 0) is 48.9 Å². The number of rotatable bonds is 7. The molecule has 3 amide bonds. The van der Waals surface area contributed by atoms with Crippen molar-refractivity contribution in [3.05, 3.63) is 62.6 Å². The van der Waals surface area contributed by atoms with Crippen LogP contribution in [-0.2, 0) is 31.0 Å². The van der Waals surface area contributed by atoms with E-state index in [1.807, 2.05) is 0 Å². The molecule has 1 aromatic heterocycles. The monoisotopic (exact) mass is 590 g/mol. The summed E-state index contributed by atoms with van der Waals surface area (Å²) in [6.07, 6.45) is 0. The Balaban J connectivity index is 1.50. The predicted molar refractivity (Wildman–Crippen MR) is 142 cm³/mol. The summed E-state index contributed by atoms with van der Waals surface area (Å²) in [6, 6.07) is 9.86. The molecule has 0 radical (unpaired) electrons. The van der Waals surface area contributed by atoms with Gasteiger partial charge in [-0.15, -0.1) is 0 Å². The van der Waals surface area contributed by atoms with Crippen LogP contribution in [0.15, 0.2) is 57.2 Å². The van der Waals surface area contributed by atoms with Crippen LogP contribution in [-0.4, -0.2) is 47.7 Å². The summed E-state index contributed by atoms with van der Waals surface area (Å²) in [7, 11) is -3.90. The van der Waals surface area contributed by atoms with Gasteiger partial charge in [-0.1, -0.05) is 29.2 Å². The number of phenols is 1. The smallest absolute Gasteiger partial charge is 0.308 e. The molecule has 0 spiro atoms. The first kappa shape index (κ1) is 26.9. The van der Waals surface area contributed by atoms with E-state index in [1.165, 1.54) is 34.9 Å². The molecule has 3 aromatic rings. The quantitative estimate of drug-likeness (QED) is 0.293. The normalized spacial score (nSPS) is 20.2. The van der Waals surface area contributed by atoms with Crippen LogP contribution in [0.4, 0.5) is 5.69 Å². The van der Waals surface area contributed by atoms with Crippen LogP contribution in [0.5, 0.6) is 11.5 Å². The molecule has 2 aliphatic rings. The fourth-order valence-electron chi connectivity index (χ4n) is 4.60. The van der Waals surface area contributed by atoms with E-state index in [-0.39, 0.29) is 29.5 Å². The van der Waals surface area contributed by atoms with E-state index in [0.717, 1.165) is 23.1 Å². The van der Waals surface area contributed by atoms with Crippen LogP contribution in [0.2, 0.25) is 0 Å². The number of aromatic nitrogens is 1. The Morgan fingerprint density at radius 3 is 2.54 bits per heavy atom. The van der Waals surface area contributed by atoms with Crippen molar-refractivity contribution in [2.75, 3.05) is 11.9 Å². The van der Waals surface area contributed by atoms with Crippen molar-refractivity contribution < 1.29 is 32.6 Å². The van der Waals surface area contributed by atoms with Gasteiger partial charge in [-0.25, -0.2) is 13.6 Å². The number of benzene rings is 2. The molecule has 3 heterocycles. The number of nitrogens with zero attached hydrogens (tertiary/aromatic N) is 1. The largest absolute Gasteiger partial charge is 0.504 e. The lowest BCUT2D eigenvalue weighted by molar-refractivity contribution is -0.126. The molecule has 39 heavy (non-hydrogen) atoms. The number of hydrogen-bond acceptors (Lipinski definition) is 10. The van der Waals surface area contributed by atoms with E-state index in [4.69, 9.17) is 9.88 Å². The zero-order valence-electron chi connectivity index (χ0n) is 20.2. The van der Waals surface area contributed by atoms with Crippen LogP contribution in [0.1, 0.15) is 23.3 Å². The number of thioether (sulfide) groups is 1. The number of anilines is 1. The first-order valence-corrected chi connectivity index (χ1v) is 14.9. The molecule has 5 rings (SSSR count). The van der Waals surface area contributed by atoms with Crippen LogP contribution in [0.25, 0.3) is 0 Å². The van der Waals surface area contributed by atoms with Crippen LogP contribution in [0.3, 0.4) is 0 Å². The van der Waals surface area contributed by atoms with Gasteiger partial charge in [0.05, 0.1) is 22.4 Å². The van der Waals surface area contributed by atoms with Gasteiger partial charge in [0.1, 0.15) is 11.8 Å². The number of thiazole rings is 1. The molecule has 3 atom stereocenters. The fraction of sp³-hybridized carbons (Fsp3) is 0.250. The maximum Gasteiger partial charge on any atom is 0.308 e. The molecule has 15 heteroatoms. The number of hydrogen-bond donors (Lipinski definition) is 4. The molecular weight excluding hydrogens is 568 g/mol. The standard InChI is InChI=1S/C24H22N4O8S3/c1-2-36-15-9-11(3-8-14(15)29)17-18-19(22(32)27-21(18)31)37-23-20(17)38-24(33)28(23)10-16(30)26-12-4-6-13(7-5-12)39(25,34)35/h3-9,17-19,29H,2,10H2,1H3,(H,26,30)(H2,25,34,35)(H,27,31,32)/t17-,18?,19?/m0/s1. The highest BCUT2D eigenvalue weighted by molar-refractivity contribution is 8.00. The van der Waals surface area contributed by atoms with Crippen molar-refractivity contribution in [2.24, 2.45) is 11.1 Å². The number of carbonyl (C=O) groups is 3. The van der Waals surface area contributed by atoms with Gasteiger partial charge in [0.15, 0.2) is 11.5 Å². The molecule has 2 unspecified atom stereocenters. The summed E-state index contributed by atoms with van der Waals surface area (Å²) >= 11 is 1.93. The van der Waals surface area contributed by atoms with Gasteiger partial charge < -0.3 is 15.2 Å². The molecule has 2 aromatic carbocycles. The van der Waals surface area contributed by atoms with Crippen LogP contribution in [0, 0.1) is 5.92 Å². The Hall–Kier alpha value is -3.66. The summed E-state index contributed by atoms with van der Waals surface area (Å²) in [5.74, 6) is -2.89. The highest BCUT2D eigenvalue weighted by atomic mass is 32.2. The molecule has 2 aliphatic heterocycles. The predicted octanol–water partition coefficient (Wildman–Crippen LogP) is 1.18. The number of sulfonamides is 1. The number of amides is 3. The fourth-order valence-corrected chi connectivity index (χ4v) is 7.86. The SMILES string of the molecule is CCOc1cc([C@@H]2c3sc(=O)n(CC(=O)Nc4ccc(S(N)(=O)=O)cc4)c3SC3C(=O)NC(=O)C32)ccc1O. The van der Waals surface area contributed by atoms with Gasteiger partial charge in [0, 0.05) is 16.5 Å². The van der Waals surface area contributed by atoms with Gasteiger partial charge in [0.2, 0.25) is 27.7 Å². The minimum atomic E-state index is -3.90. The van der Waals surface area contributed by atoms with E-state index in [2.05, 4.69) is 10.6 Å². The van der Waals surface area contributed by atoms with Gasteiger partial charge in [0.25, 0.3) is 0 Å². The molecule has 0 bridgehead atoms. The Morgan fingerprint density at radius 1 is 1.15 bits per heavy atom. The highest BCUT2D eigenvalue weighted by Gasteiger charge is 2.53. The second-order valence-electron chi connectivity index (χ2n) is 8.80. The highest BCUT2D eigenvalue weighted by Crippen LogP contribution is 2.52. The van der Waals surface area contributed by atoms with Crippen molar-refractivity contribution in [1.82, 2.24) is 9.88 Å². The van der Waals surface area contributed by atoms with Gasteiger partial charge in [-0.3, -0.25) is 29.1 Å². The summed E-state index contributed by atoms with van der Waals surface area (Å²) < 4.78 is 29.7. The topological polar surface area (TPSA) is 187 Å². The Labute approximate surface area is 230 Å². The molecule has 0 saturated carbocycles. The number of nitrogens with two attached hydrogens (primary N) is 1. The summed E-state index contributed by atoms with van der Waals surface area (Å²) in [5.41, 5.74) is 0.869. The first-order valence-electron chi connectivity index (χ1n) is 11.6. The number of ether oxygens (including phenoxy) is 1. The second kappa shape index (κ2) is 10.1. The number of imide groups is 1. The van der Waals surface area contributed by atoms with Crippen molar-refractivity contribution in [3.8, 4) is 11.5 Å². The van der Waals surface area contributed by atoms with Crippen LogP contribution < -0.4 is 25.4 Å². The zero-order valence-corrected chi connectivity index (χ0v) is 22.7. The van der Waals surface area contributed by atoms with Crippen molar-refractivity contribution in [1.29, 1.82) is 0 Å². The Bertz CT molecular complexity index is 1660. The second-order valence-corrected chi connectivity index (χ2v) is 12.5. The number of aromatic hydroxyl groups is 1.